The second-order valence-corrected chi connectivity index (χ2v) is 9.13. The standard InChI is InChI=1S/C25H26ClN3O2/c1-31-23-7-6-18(14-21(23)26)28-24(30)20-15-25(20)9-12-29(13-10-25)16-17-8-11-27-22-5-3-2-4-19(17)22/h2-8,11,14,20H,9-10,12-13,15-16H2,1H3,(H,28,30). The fourth-order valence-corrected chi connectivity index (χ4v) is 5.19. The van der Waals surface area contributed by atoms with Crippen molar-refractivity contribution in [3.8, 4) is 5.75 Å². The number of carbonyl (C=O) groups is 1. The molecule has 3 aromatic rings. The number of rotatable bonds is 5. The number of ether oxygens (including phenoxy) is 1. The summed E-state index contributed by atoms with van der Waals surface area (Å²) in [6.07, 6.45) is 5.01. The molecule has 1 unspecified atom stereocenters. The third-order valence-electron chi connectivity index (χ3n) is 6.91. The van der Waals surface area contributed by atoms with Crippen molar-refractivity contribution in [1.29, 1.82) is 0 Å². The third-order valence-corrected chi connectivity index (χ3v) is 7.21. The molecule has 31 heavy (non-hydrogen) atoms. The molecule has 5 rings (SSSR count). The van der Waals surface area contributed by atoms with Crippen molar-refractivity contribution in [3.63, 3.8) is 0 Å². The Morgan fingerprint density at radius 1 is 1.23 bits per heavy atom. The maximum atomic E-state index is 12.8. The summed E-state index contributed by atoms with van der Waals surface area (Å²) in [5.41, 5.74) is 3.26. The number of anilines is 1. The van der Waals surface area contributed by atoms with Gasteiger partial charge in [0.15, 0.2) is 0 Å². The molecule has 2 aromatic carbocycles. The van der Waals surface area contributed by atoms with E-state index in [2.05, 4.69) is 39.5 Å². The van der Waals surface area contributed by atoms with Crippen LogP contribution in [0.5, 0.6) is 5.75 Å². The van der Waals surface area contributed by atoms with E-state index in [0.29, 0.717) is 10.8 Å². The topological polar surface area (TPSA) is 54.5 Å². The molecule has 0 radical (unpaired) electrons. The minimum absolute atomic E-state index is 0.0947. The number of carbonyl (C=O) groups excluding carboxylic acids is 1. The summed E-state index contributed by atoms with van der Waals surface area (Å²) in [6.45, 7) is 2.98. The molecule has 2 heterocycles. The predicted molar refractivity (Wildman–Crippen MR) is 123 cm³/mol. The Morgan fingerprint density at radius 3 is 2.81 bits per heavy atom. The summed E-state index contributed by atoms with van der Waals surface area (Å²) in [5, 5.41) is 4.77. The summed E-state index contributed by atoms with van der Waals surface area (Å²) in [7, 11) is 1.58. The number of halogens is 1. The van der Waals surface area contributed by atoms with Gasteiger partial charge >= 0.3 is 0 Å². The van der Waals surface area contributed by atoms with Gasteiger partial charge in [-0.1, -0.05) is 29.8 Å². The number of nitrogens with zero attached hydrogens (tertiary/aromatic N) is 2. The first kappa shape index (κ1) is 20.3. The number of methoxy groups -OCH3 is 1. The SMILES string of the molecule is COc1ccc(NC(=O)C2CC23CCN(Cc2ccnc4ccccc24)CC3)cc1Cl. The van der Waals surface area contributed by atoms with E-state index in [0.717, 1.165) is 50.1 Å². The van der Waals surface area contributed by atoms with Crippen molar-refractivity contribution < 1.29 is 9.53 Å². The number of likely N-dealkylation sites (tertiary alicyclic amines) is 1. The molecule has 1 aliphatic heterocycles. The van der Waals surface area contributed by atoms with Gasteiger partial charge < -0.3 is 10.1 Å². The Kier molecular flexibility index (Phi) is 5.32. The van der Waals surface area contributed by atoms with Gasteiger partial charge in [0, 0.05) is 29.7 Å². The molecule has 1 amide bonds. The fraction of sp³-hybridized carbons (Fsp3) is 0.360. The van der Waals surface area contributed by atoms with Crippen LogP contribution in [0.15, 0.2) is 54.7 Å². The van der Waals surface area contributed by atoms with Crippen molar-refractivity contribution in [1.82, 2.24) is 9.88 Å². The molecule has 1 aliphatic carbocycles. The summed E-state index contributed by atoms with van der Waals surface area (Å²) >= 11 is 6.18. The number of fused-ring (bicyclic) bond motifs is 1. The molecular formula is C25H26ClN3O2. The van der Waals surface area contributed by atoms with Crippen LogP contribution in [0.4, 0.5) is 5.69 Å². The Bertz CT molecular complexity index is 1120. The van der Waals surface area contributed by atoms with Crippen LogP contribution >= 0.6 is 11.6 Å². The van der Waals surface area contributed by atoms with E-state index in [4.69, 9.17) is 16.3 Å². The number of pyridine rings is 1. The molecule has 2 fully saturated rings. The van der Waals surface area contributed by atoms with Gasteiger partial charge in [0.2, 0.25) is 5.91 Å². The zero-order valence-corrected chi connectivity index (χ0v) is 18.4. The Hall–Kier alpha value is -2.63. The third kappa shape index (κ3) is 4.00. The average molecular weight is 436 g/mol. The first-order valence-electron chi connectivity index (χ1n) is 10.8. The van der Waals surface area contributed by atoms with E-state index in [1.54, 1.807) is 19.2 Å². The van der Waals surface area contributed by atoms with Gasteiger partial charge in [-0.2, -0.15) is 0 Å². The van der Waals surface area contributed by atoms with E-state index in [1.807, 2.05) is 18.3 Å². The highest BCUT2D eigenvalue weighted by Crippen LogP contribution is 2.59. The van der Waals surface area contributed by atoms with Gasteiger partial charge in [-0.25, -0.2) is 0 Å². The minimum atomic E-state index is 0.0947. The van der Waals surface area contributed by atoms with Crippen molar-refractivity contribution >= 4 is 34.1 Å². The monoisotopic (exact) mass is 435 g/mol. The van der Waals surface area contributed by atoms with Gasteiger partial charge in [-0.15, -0.1) is 0 Å². The van der Waals surface area contributed by atoms with Gasteiger partial charge in [0.25, 0.3) is 0 Å². The number of para-hydroxylation sites is 1. The summed E-state index contributed by atoms with van der Waals surface area (Å²) in [6, 6.07) is 15.8. The Balaban J connectivity index is 1.18. The van der Waals surface area contributed by atoms with Crippen LogP contribution in [0, 0.1) is 11.3 Å². The largest absolute Gasteiger partial charge is 0.495 e. The maximum absolute atomic E-state index is 12.8. The molecule has 1 N–H and O–H groups in total. The number of benzene rings is 2. The normalized spacial score (nSPS) is 20.0. The van der Waals surface area contributed by atoms with Gasteiger partial charge in [-0.3, -0.25) is 14.7 Å². The van der Waals surface area contributed by atoms with E-state index in [1.165, 1.54) is 10.9 Å². The lowest BCUT2D eigenvalue weighted by Crippen LogP contribution is -2.35. The first-order chi connectivity index (χ1) is 15.1. The van der Waals surface area contributed by atoms with Crippen LogP contribution in [0.3, 0.4) is 0 Å². The van der Waals surface area contributed by atoms with Crippen LogP contribution in [0.1, 0.15) is 24.8 Å². The van der Waals surface area contributed by atoms with E-state index in [-0.39, 0.29) is 17.2 Å². The molecule has 0 bridgehead atoms. The number of nitrogens with one attached hydrogen (secondary N) is 1. The van der Waals surface area contributed by atoms with Gasteiger partial charge in [0.05, 0.1) is 17.6 Å². The molecule has 1 spiro atoms. The highest BCUT2D eigenvalue weighted by molar-refractivity contribution is 6.32. The van der Waals surface area contributed by atoms with Crippen molar-refractivity contribution in [3.05, 3.63) is 65.3 Å². The summed E-state index contributed by atoms with van der Waals surface area (Å²) < 4.78 is 5.18. The molecule has 1 atom stereocenters. The molecule has 1 aromatic heterocycles. The molecule has 6 heteroatoms. The molecular weight excluding hydrogens is 410 g/mol. The molecule has 160 valence electrons. The highest BCUT2D eigenvalue weighted by atomic mass is 35.5. The van der Waals surface area contributed by atoms with Crippen molar-refractivity contribution in [2.24, 2.45) is 11.3 Å². The minimum Gasteiger partial charge on any atom is -0.495 e. The van der Waals surface area contributed by atoms with Gasteiger partial charge in [-0.05, 0) is 73.7 Å². The van der Waals surface area contributed by atoms with Crippen LogP contribution in [0.2, 0.25) is 5.02 Å². The summed E-state index contributed by atoms with van der Waals surface area (Å²) in [4.78, 5) is 19.8. The fourth-order valence-electron chi connectivity index (χ4n) is 4.93. The van der Waals surface area contributed by atoms with E-state index in [9.17, 15) is 4.79 Å². The van der Waals surface area contributed by atoms with Crippen molar-refractivity contribution in [2.45, 2.75) is 25.8 Å². The van der Waals surface area contributed by atoms with Crippen LogP contribution in [0.25, 0.3) is 10.9 Å². The van der Waals surface area contributed by atoms with E-state index < -0.39 is 0 Å². The number of amides is 1. The molecule has 5 nitrogen and oxygen atoms in total. The van der Waals surface area contributed by atoms with Crippen LogP contribution in [-0.2, 0) is 11.3 Å². The quantitative estimate of drug-likeness (QED) is 0.603. The summed E-state index contributed by atoms with van der Waals surface area (Å²) in [5.74, 6) is 0.809. The molecule has 1 saturated carbocycles. The lowest BCUT2D eigenvalue weighted by molar-refractivity contribution is -0.118. The average Bonchev–Trinajstić information content (AvgIpc) is 3.49. The zero-order valence-electron chi connectivity index (χ0n) is 17.6. The number of hydrogen-bond acceptors (Lipinski definition) is 4. The maximum Gasteiger partial charge on any atom is 0.228 e. The second kappa shape index (κ2) is 8.13. The number of piperidine rings is 1. The number of aromatic nitrogens is 1. The highest BCUT2D eigenvalue weighted by Gasteiger charge is 2.58. The lowest BCUT2D eigenvalue weighted by atomic mass is 9.90. The zero-order chi connectivity index (χ0) is 21.4. The Morgan fingerprint density at radius 2 is 2.03 bits per heavy atom. The predicted octanol–water partition coefficient (Wildman–Crippen LogP) is 5.14. The Labute approximate surface area is 187 Å². The van der Waals surface area contributed by atoms with Crippen molar-refractivity contribution in [2.75, 3.05) is 25.5 Å². The van der Waals surface area contributed by atoms with E-state index >= 15 is 0 Å². The molecule has 2 aliphatic rings. The first-order valence-corrected chi connectivity index (χ1v) is 11.2. The lowest BCUT2D eigenvalue weighted by Gasteiger charge is -2.33. The number of hydrogen-bond donors (Lipinski definition) is 1. The smallest absolute Gasteiger partial charge is 0.228 e. The van der Waals surface area contributed by atoms with Crippen LogP contribution in [-0.4, -0.2) is 36.0 Å². The second-order valence-electron chi connectivity index (χ2n) is 8.72. The van der Waals surface area contributed by atoms with Gasteiger partial charge in [0.1, 0.15) is 5.75 Å². The molecule has 1 saturated heterocycles. The van der Waals surface area contributed by atoms with Crippen LogP contribution < -0.4 is 10.1 Å².